The van der Waals surface area contributed by atoms with E-state index in [-0.39, 0.29) is 6.04 Å². The fourth-order valence-corrected chi connectivity index (χ4v) is 6.93. The highest BCUT2D eigenvalue weighted by Crippen LogP contribution is 2.61. The third kappa shape index (κ3) is 5.44. The van der Waals surface area contributed by atoms with Gasteiger partial charge in [0.05, 0.1) is 23.2 Å². The first kappa shape index (κ1) is 26.6. The van der Waals surface area contributed by atoms with E-state index >= 15 is 0 Å². The Morgan fingerprint density at radius 1 is 0.694 bits per heavy atom. The number of alkyl halides is 6. The molecule has 1 aliphatic rings. The molecule has 4 rings (SSSR count). The van der Waals surface area contributed by atoms with Crippen LogP contribution >= 0.6 is 8.37 Å². The van der Waals surface area contributed by atoms with Crippen LogP contribution in [0.2, 0.25) is 0 Å². The number of rotatable bonds is 5. The van der Waals surface area contributed by atoms with Gasteiger partial charge in [-0.1, -0.05) is 54.6 Å². The number of hydrogen-bond donors (Lipinski definition) is 1. The molecule has 0 bridgehead atoms. The molecular weight excluding hydrogens is 499 g/mol. The second kappa shape index (κ2) is 10.1. The van der Waals surface area contributed by atoms with Gasteiger partial charge in [-0.25, -0.2) is 0 Å². The molecule has 10 heteroatoms. The molecule has 0 radical (unpaired) electrons. The number of benzene rings is 3. The van der Waals surface area contributed by atoms with Crippen LogP contribution in [-0.2, 0) is 12.4 Å². The van der Waals surface area contributed by atoms with Crippen molar-refractivity contribution in [3.05, 3.63) is 107 Å². The molecule has 0 aliphatic carbocycles. The van der Waals surface area contributed by atoms with E-state index in [0.717, 1.165) is 29.8 Å². The van der Waals surface area contributed by atoms with E-state index in [4.69, 9.17) is 0 Å². The zero-order valence-electron chi connectivity index (χ0n) is 19.8. The van der Waals surface area contributed by atoms with Crippen LogP contribution in [0.1, 0.15) is 52.9 Å². The van der Waals surface area contributed by atoms with Gasteiger partial charge < -0.3 is 0 Å². The van der Waals surface area contributed by atoms with Crippen LogP contribution in [0, 0.1) is 0 Å². The van der Waals surface area contributed by atoms with Crippen molar-refractivity contribution in [1.82, 2.24) is 14.4 Å². The van der Waals surface area contributed by atoms with Gasteiger partial charge in [-0.05, 0) is 62.0 Å². The Balaban J connectivity index is 1.77. The average molecular weight is 525 g/mol. The molecule has 3 aromatic rings. The van der Waals surface area contributed by atoms with Crippen LogP contribution in [0.15, 0.2) is 78.9 Å². The molecule has 3 atom stereocenters. The number of likely N-dealkylation sites (N-methyl/N-ethyl adjacent to an activating group) is 2. The minimum Gasteiger partial charge on any atom is -0.264 e. The Morgan fingerprint density at radius 2 is 1.14 bits per heavy atom. The molecule has 1 heterocycles. The smallest absolute Gasteiger partial charge is 0.264 e. The summed E-state index contributed by atoms with van der Waals surface area (Å²) in [4.78, 5) is 0. The van der Waals surface area contributed by atoms with E-state index in [1.54, 1.807) is 26.2 Å². The van der Waals surface area contributed by atoms with Gasteiger partial charge in [0.25, 0.3) is 0 Å². The Morgan fingerprint density at radius 3 is 1.56 bits per heavy atom. The molecule has 36 heavy (non-hydrogen) atoms. The van der Waals surface area contributed by atoms with Crippen molar-refractivity contribution in [2.45, 2.75) is 37.4 Å². The van der Waals surface area contributed by atoms with Crippen molar-refractivity contribution in [2.24, 2.45) is 0 Å². The van der Waals surface area contributed by atoms with Crippen LogP contribution < -0.4 is 5.09 Å². The second-order valence-corrected chi connectivity index (χ2v) is 10.9. The van der Waals surface area contributed by atoms with Crippen LogP contribution in [0.5, 0.6) is 0 Å². The molecule has 3 nitrogen and oxygen atoms in total. The van der Waals surface area contributed by atoms with E-state index in [1.165, 1.54) is 12.1 Å². The van der Waals surface area contributed by atoms with Gasteiger partial charge in [-0.15, -0.1) is 0 Å². The maximum absolute atomic E-state index is 13.5. The standard InChI is InChI=1S/C26H26F6N3P/c1-17(18-9-5-4-6-10-18)33-36-34(2)23(19-11-7-13-21(15-19)25(27,28)29)24(35(36)3)20-12-8-14-22(16-20)26(30,31)32/h4-17,23-24,33H,1-3H3/t17-,23+,24+/m0/s1. The zero-order chi connectivity index (χ0) is 26.3. The summed E-state index contributed by atoms with van der Waals surface area (Å²) < 4.78 is 85.0. The summed E-state index contributed by atoms with van der Waals surface area (Å²) in [6.45, 7) is 1.98. The fourth-order valence-electron chi connectivity index (χ4n) is 4.63. The van der Waals surface area contributed by atoms with E-state index in [2.05, 4.69) is 5.09 Å². The molecule has 0 spiro atoms. The lowest BCUT2D eigenvalue weighted by atomic mass is 9.91. The van der Waals surface area contributed by atoms with Crippen LogP contribution in [0.3, 0.4) is 0 Å². The number of hydrogen-bond acceptors (Lipinski definition) is 3. The lowest BCUT2D eigenvalue weighted by molar-refractivity contribution is -0.138. The van der Waals surface area contributed by atoms with Crippen molar-refractivity contribution in [3.8, 4) is 0 Å². The maximum atomic E-state index is 13.5. The van der Waals surface area contributed by atoms with Gasteiger partial charge in [0.15, 0.2) is 0 Å². The molecule has 1 N–H and O–H groups in total. The van der Waals surface area contributed by atoms with Crippen molar-refractivity contribution >= 4 is 8.37 Å². The molecule has 0 unspecified atom stereocenters. The Labute approximate surface area is 207 Å². The largest absolute Gasteiger partial charge is 0.416 e. The molecule has 1 aliphatic heterocycles. The third-order valence-corrected chi connectivity index (χ3v) is 8.73. The molecule has 0 amide bonds. The Hall–Kier alpha value is -2.45. The highest BCUT2D eigenvalue weighted by atomic mass is 31.1. The second-order valence-electron chi connectivity index (χ2n) is 8.83. The van der Waals surface area contributed by atoms with Crippen molar-refractivity contribution in [3.63, 3.8) is 0 Å². The fraction of sp³-hybridized carbons (Fsp3) is 0.308. The lowest BCUT2D eigenvalue weighted by Crippen LogP contribution is -2.24. The Kier molecular flexibility index (Phi) is 7.49. The van der Waals surface area contributed by atoms with Gasteiger partial charge in [-0.3, -0.25) is 14.4 Å². The molecule has 0 saturated carbocycles. The molecule has 1 fully saturated rings. The van der Waals surface area contributed by atoms with Crippen molar-refractivity contribution in [2.75, 3.05) is 14.1 Å². The predicted molar refractivity (Wildman–Crippen MR) is 129 cm³/mol. The summed E-state index contributed by atoms with van der Waals surface area (Å²) in [6, 6.07) is 18.4. The van der Waals surface area contributed by atoms with Crippen molar-refractivity contribution < 1.29 is 26.3 Å². The topological polar surface area (TPSA) is 18.5 Å². The average Bonchev–Trinajstić information content (AvgIpc) is 3.08. The summed E-state index contributed by atoms with van der Waals surface area (Å²) in [5.74, 6) is 0. The highest BCUT2D eigenvalue weighted by molar-refractivity contribution is 7.50. The van der Waals surface area contributed by atoms with Gasteiger partial charge >= 0.3 is 12.4 Å². The summed E-state index contributed by atoms with van der Waals surface area (Å²) in [5.41, 5.74) is 0.225. The van der Waals surface area contributed by atoms with Gasteiger partial charge in [0, 0.05) is 6.04 Å². The monoisotopic (exact) mass is 525 g/mol. The third-order valence-electron chi connectivity index (χ3n) is 6.42. The number of nitrogens with one attached hydrogen (secondary N) is 1. The first-order chi connectivity index (χ1) is 16.9. The lowest BCUT2D eigenvalue weighted by Gasteiger charge is -2.30. The summed E-state index contributed by atoms with van der Waals surface area (Å²) in [7, 11) is 2.32. The first-order valence-electron chi connectivity index (χ1n) is 11.3. The van der Waals surface area contributed by atoms with Gasteiger partial charge in [-0.2, -0.15) is 26.3 Å². The first-order valence-corrected chi connectivity index (χ1v) is 12.5. The van der Waals surface area contributed by atoms with Crippen LogP contribution in [-0.4, -0.2) is 23.4 Å². The minimum atomic E-state index is -4.53. The predicted octanol–water partition coefficient (Wildman–Crippen LogP) is 7.96. The van der Waals surface area contributed by atoms with E-state index < -0.39 is 43.9 Å². The van der Waals surface area contributed by atoms with Crippen molar-refractivity contribution in [1.29, 1.82) is 0 Å². The molecule has 3 aromatic carbocycles. The SMILES string of the molecule is C[C@H](NP1N(C)[C@H](c2cccc(C(F)(F)F)c2)[C@@H](c2cccc(C(F)(F)F)c2)N1C)c1ccccc1. The molecular formula is C26H26F6N3P. The summed E-state index contributed by atoms with van der Waals surface area (Å²) >= 11 is 0. The number of halogens is 6. The van der Waals surface area contributed by atoms with Gasteiger partial charge in [0.1, 0.15) is 8.37 Å². The van der Waals surface area contributed by atoms with E-state index in [9.17, 15) is 26.3 Å². The minimum absolute atomic E-state index is 0.0929. The van der Waals surface area contributed by atoms with Gasteiger partial charge in [0.2, 0.25) is 0 Å². The zero-order valence-corrected chi connectivity index (χ0v) is 20.7. The number of nitrogens with zero attached hydrogens (tertiary/aromatic N) is 2. The normalized spacial score (nSPS) is 21.1. The maximum Gasteiger partial charge on any atom is 0.416 e. The van der Waals surface area contributed by atoms with Crippen LogP contribution in [0.4, 0.5) is 26.3 Å². The molecule has 192 valence electrons. The molecule has 0 aromatic heterocycles. The van der Waals surface area contributed by atoms with E-state index in [1.807, 2.05) is 46.6 Å². The van der Waals surface area contributed by atoms with E-state index in [0.29, 0.717) is 11.1 Å². The molecule has 1 saturated heterocycles. The van der Waals surface area contributed by atoms with Crippen LogP contribution in [0.25, 0.3) is 0 Å². The quantitative estimate of drug-likeness (QED) is 0.269. The summed E-state index contributed by atoms with van der Waals surface area (Å²) in [5, 5.41) is 3.56. The summed E-state index contributed by atoms with van der Waals surface area (Å²) in [6.07, 6.45) is -9.06. The Bertz CT molecular complexity index is 1110. The highest BCUT2D eigenvalue weighted by Gasteiger charge is 2.47.